The minimum absolute atomic E-state index is 0.0377. The fourth-order valence-corrected chi connectivity index (χ4v) is 6.95. The van der Waals surface area contributed by atoms with E-state index in [0.29, 0.717) is 22.8 Å². The van der Waals surface area contributed by atoms with E-state index in [1.165, 1.54) is 32.1 Å². The highest BCUT2D eigenvalue weighted by Crippen LogP contribution is 2.67. The third-order valence-corrected chi connectivity index (χ3v) is 7.05. The van der Waals surface area contributed by atoms with Gasteiger partial charge in [-0.3, -0.25) is 0 Å². The summed E-state index contributed by atoms with van der Waals surface area (Å²) in [5, 5.41) is 0. The van der Waals surface area contributed by atoms with E-state index in [9.17, 15) is 0 Å². The SMILES string of the molecule is CCO[C@@H]1OC2([C@@H]3CC4C[C@H]2CC(Br)(C4)C3)[C@@H]1OCC. The monoisotopic (exact) mass is 344 g/mol. The molecule has 20 heavy (non-hydrogen) atoms. The summed E-state index contributed by atoms with van der Waals surface area (Å²) in [4.78, 5) is 0. The first kappa shape index (κ1) is 14.0. The van der Waals surface area contributed by atoms with Crippen molar-refractivity contribution in [1.82, 2.24) is 0 Å². The summed E-state index contributed by atoms with van der Waals surface area (Å²) in [7, 11) is 0. The molecule has 4 heteroatoms. The van der Waals surface area contributed by atoms with Crippen LogP contribution in [0.4, 0.5) is 0 Å². The van der Waals surface area contributed by atoms with E-state index in [2.05, 4.69) is 22.9 Å². The Morgan fingerprint density at radius 3 is 2.25 bits per heavy atom. The molecule has 7 atom stereocenters. The Bertz CT molecular complexity index is 383. The molecule has 5 aliphatic rings. The van der Waals surface area contributed by atoms with Gasteiger partial charge in [-0.25, -0.2) is 0 Å². The Labute approximate surface area is 129 Å². The maximum atomic E-state index is 6.39. The summed E-state index contributed by atoms with van der Waals surface area (Å²) in [6.45, 7) is 5.56. The standard InChI is InChI=1S/C16H25BrO3/c1-3-18-13-14(19-4-2)20-16(13)11-5-10-6-12(16)9-15(17,7-10)8-11/h10-14H,3-9H2,1-2H3/t10?,11-,12+,13-,14-,15?,16?/m1/s1. The lowest BCUT2D eigenvalue weighted by Gasteiger charge is -2.70. The topological polar surface area (TPSA) is 27.7 Å². The maximum absolute atomic E-state index is 6.39. The molecule has 0 aromatic heterocycles. The van der Waals surface area contributed by atoms with Gasteiger partial charge >= 0.3 is 0 Å². The Balaban J connectivity index is 1.61. The number of alkyl halides is 1. The molecule has 4 saturated carbocycles. The second kappa shape index (κ2) is 4.68. The molecule has 0 amide bonds. The van der Waals surface area contributed by atoms with E-state index in [4.69, 9.17) is 14.2 Å². The molecule has 5 fully saturated rings. The van der Waals surface area contributed by atoms with Gasteiger partial charge in [-0.05, 0) is 63.7 Å². The van der Waals surface area contributed by atoms with Crippen molar-refractivity contribution >= 4 is 15.9 Å². The van der Waals surface area contributed by atoms with Crippen LogP contribution >= 0.6 is 15.9 Å². The number of hydrogen-bond donors (Lipinski definition) is 0. The summed E-state index contributed by atoms with van der Waals surface area (Å²) < 4.78 is 18.6. The van der Waals surface area contributed by atoms with E-state index in [1.54, 1.807) is 0 Å². The van der Waals surface area contributed by atoms with Crippen LogP contribution in [-0.2, 0) is 14.2 Å². The van der Waals surface area contributed by atoms with Gasteiger partial charge < -0.3 is 14.2 Å². The van der Waals surface area contributed by atoms with E-state index in [0.717, 1.165) is 12.5 Å². The molecule has 1 spiro atoms. The normalized spacial score (nSPS) is 56.2. The van der Waals surface area contributed by atoms with E-state index >= 15 is 0 Å². The molecule has 1 heterocycles. The van der Waals surface area contributed by atoms with Crippen LogP contribution in [0.2, 0.25) is 0 Å². The van der Waals surface area contributed by atoms with E-state index in [1.807, 2.05) is 6.92 Å². The van der Waals surface area contributed by atoms with Gasteiger partial charge in [-0.15, -0.1) is 0 Å². The van der Waals surface area contributed by atoms with Crippen LogP contribution in [0.25, 0.3) is 0 Å². The first-order chi connectivity index (χ1) is 9.61. The Hall–Kier alpha value is 0.360. The van der Waals surface area contributed by atoms with Gasteiger partial charge in [-0.1, -0.05) is 15.9 Å². The van der Waals surface area contributed by atoms with Gasteiger partial charge in [0.05, 0.1) is 0 Å². The van der Waals surface area contributed by atoms with Gasteiger partial charge in [0.25, 0.3) is 0 Å². The maximum Gasteiger partial charge on any atom is 0.187 e. The van der Waals surface area contributed by atoms with Gasteiger partial charge in [0, 0.05) is 17.5 Å². The molecule has 0 aromatic carbocycles. The van der Waals surface area contributed by atoms with Gasteiger partial charge in [0.1, 0.15) is 11.7 Å². The van der Waals surface area contributed by atoms with Crippen LogP contribution in [0.5, 0.6) is 0 Å². The van der Waals surface area contributed by atoms with Crippen LogP contribution in [-0.4, -0.2) is 35.5 Å². The number of rotatable bonds is 4. The van der Waals surface area contributed by atoms with Gasteiger partial charge in [0.2, 0.25) is 0 Å². The lowest BCUT2D eigenvalue weighted by atomic mass is 9.47. The van der Waals surface area contributed by atoms with Crippen LogP contribution < -0.4 is 0 Å². The zero-order valence-corrected chi connectivity index (χ0v) is 14.0. The van der Waals surface area contributed by atoms with Crippen LogP contribution in [0.1, 0.15) is 46.0 Å². The average Bonchev–Trinajstić information content (AvgIpc) is 2.37. The van der Waals surface area contributed by atoms with Crippen LogP contribution in [0.3, 0.4) is 0 Å². The van der Waals surface area contributed by atoms with Gasteiger partial charge in [0.15, 0.2) is 6.29 Å². The zero-order chi connectivity index (χ0) is 14.0. The largest absolute Gasteiger partial charge is 0.370 e. The summed E-state index contributed by atoms with van der Waals surface area (Å²) in [5.74, 6) is 2.21. The zero-order valence-electron chi connectivity index (χ0n) is 12.4. The number of ether oxygens (including phenoxy) is 3. The lowest BCUT2D eigenvalue weighted by molar-refractivity contribution is -0.426. The van der Waals surface area contributed by atoms with Crippen molar-refractivity contribution in [3.05, 3.63) is 0 Å². The predicted molar refractivity (Wildman–Crippen MR) is 79.9 cm³/mol. The minimum atomic E-state index is -0.135. The Morgan fingerprint density at radius 1 is 1.05 bits per heavy atom. The average molecular weight is 345 g/mol. The Morgan fingerprint density at radius 2 is 1.70 bits per heavy atom. The molecule has 4 bridgehead atoms. The molecule has 0 N–H and O–H groups in total. The molecule has 114 valence electrons. The van der Waals surface area contributed by atoms with Crippen molar-refractivity contribution in [1.29, 1.82) is 0 Å². The first-order valence-corrected chi connectivity index (χ1v) is 9.00. The molecular weight excluding hydrogens is 320 g/mol. The fraction of sp³-hybridized carbons (Fsp3) is 1.00. The molecule has 0 aromatic rings. The second-order valence-electron chi connectivity index (χ2n) is 7.17. The molecule has 3 nitrogen and oxygen atoms in total. The fourth-order valence-electron chi connectivity index (χ4n) is 5.71. The molecule has 3 unspecified atom stereocenters. The van der Waals surface area contributed by atoms with Crippen LogP contribution in [0, 0.1) is 17.8 Å². The van der Waals surface area contributed by atoms with Crippen LogP contribution in [0.15, 0.2) is 0 Å². The molecular formula is C16H25BrO3. The van der Waals surface area contributed by atoms with Crippen molar-refractivity contribution in [3.63, 3.8) is 0 Å². The molecule has 4 aliphatic carbocycles. The van der Waals surface area contributed by atoms with Crippen molar-refractivity contribution in [3.8, 4) is 0 Å². The predicted octanol–water partition coefficient (Wildman–Crippen LogP) is 3.50. The lowest BCUT2D eigenvalue weighted by Crippen LogP contribution is -2.78. The summed E-state index contributed by atoms with van der Waals surface area (Å²) in [6.07, 6.45) is 6.54. The van der Waals surface area contributed by atoms with Crippen molar-refractivity contribution < 1.29 is 14.2 Å². The third-order valence-electron chi connectivity index (χ3n) is 6.08. The summed E-state index contributed by atoms with van der Waals surface area (Å²) in [5.41, 5.74) is -0.0377. The summed E-state index contributed by atoms with van der Waals surface area (Å²) in [6, 6.07) is 0. The molecule has 1 aliphatic heterocycles. The van der Waals surface area contributed by atoms with Crippen molar-refractivity contribution in [2.45, 2.75) is 68.3 Å². The third kappa shape index (κ3) is 1.74. The van der Waals surface area contributed by atoms with E-state index in [-0.39, 0.29) is 18.0 Å². The Kier molecular flexibility index (Phi) is 3.27. The van der Waals surface area contributed by atoms with Crippen molar-refractivity contribution in [2.75, 3.05) is 13.2 Å². The molecule has 5 rings (SSSR count). The van der Waals surface area contributed by atoms with Gasteiger partial charge in [-0.2, -0.15) is 0 Å². The minimum Gasteiger partial charge on any atom is -0.370 e. The van der Waals surface area contributed by atoms with Crippen molar-refractivity contribution in [2.24, 2.45) is 17.8 Å². The highest BCUT2D eigenvalue weighted by Gasteiger charge is 2.72. The quantitative estimate of drug-likeness (QED) is 0.730. The highest BCUT2D eigenvalue weighted by atomic mass is 79.9. The highest BCUT2D eigenvalue weighted by molar-refractivity contribution is 9.10. The summed E-state index contributed by atoms with van der Waals surface area (Å²) >= 11 is 4.04. The first-order valence-electron chi connectivity index (χ1n) is 8.21. The number of hydrogen-bond acceptors (Lipinski definition) is 3. The number of halogens is 1. The smallest absolute Gasteiger partial charge is 0.187 e. The van der Waals surface area contributed by atoms with E-state index < -0.39 is 0 Å². The molecule has 1 saturated heterocycles. The second-order valence-corrected chi connectivity index (χ2v) is 8.85. The molecule has 0 radical (unpaired) electrons.